The minimum Gasteiger partial charge on any atom is -0.396 e. The van der Waals surface area contributed by atoms with Gasteiger partial charge < -0.3 is 9.67 Å². The van der Waals surface area contributed by atoms with Crippen molar-refractivity contribution in [1.29, 1.82) is 0 Å². The van der Waals surface area contributed by atoms with Crippen molar-refractivity contribution < 1.29 is 5.11 Å². The summed E-state index contributed by atoms with van der Waals surface area (Å²) in [5.41, 5.74) is 2.31. The normalized spacial score (nSPS) is 13.5. The van der Waals surface area contributed by atoms with Crippen LogP contribution in [0.15, 0.2) is 24.3 Å². The number of halogens is 1. The van der Waals surface area contributed by atoms with Crippen LogP contribution in [0.2, 0.25) is 5.02 Å². The number of hydrogen-bond donors (Lipinski definition) is 1. The topological polar surface area (TPSA) is 25.2 Å². The molecule has 92 valence electrons. The van der Waals surface area contributed by atoms with E-state index in [9.17, 15) is 5.11 Å². The number of rotatable bonds is 3. The molecule has 0 amide bonds. The number of hydrogen-bond acceptors (Lipinski definition) is 1. The zero-order valence-corrected chi connectivity index (χ0v) is 11.2. The van der Waals surface area contributed by atoms with E-state index in [1.807, 2.05) is 25.1 Å². The Morgan fingerprint density at radius 3 is 2.53 bits per heavy atom. The Kier molecular flexibility index (Phi) is 3.45. The molecule has 0 radical (unpaired) electrons. The van der Waals surface area contributed by atoms with Crippen molar-refractivity contribution in [3.63, 3.8) is 0 Å². The van der Waals surface area contributed by atoms with Crippen LogP contribution in [-0.4, -0.2) is 16.3 Å². The van der Waals surface area contributed by atoms with E-state index in [-0.39, 0.29) is 12.5 Å². The van der Waals surface area contributed by atoms with Gasteiger partial charge in [-0.15, -0.1) is 0 Å². The summed E-state index contributed by atoms with van der Waals surface area (Å²) in [5.74, 6) is 0.142. The maximum atomic E-state index is 9.33. The van der Waals surface area contributed by atoms with Crippen molar-refractivity contribution in [3.05, 3.63) is 35.0 Å². The monoisotopic (exact) mass is 251 g/mol. The SMILES string of the molecule is CC(CO)c1cc2ccc(Cl)cc2n1C(C)C. The van der Waals surface area contributed by atoms with Crippen LogP contribution < -0.4 is 0 Å². The molecule has 0 fully saturated rings. The number of aliphatic hydroxyl groups is 1. The molecule has 0 aliphatic rings. The fraction of sp³-hybridized carbons (Fsp3) is 0.429. The maximum absolute atomic E-state index is 9.33. The molecule has 0 aliphatic carbocycles. The first-order valence-electron chi connectivity index (χ1n) is 5.95. The van der Waals surface area contributed by atoms with E-state index in [0.717, 1.165) is 10.5 Å². The third-order valence-electron chi connectivity index (χ3n) is 3.13. The second-order valence-electron chi connectivity index (χ2n) is 4.82. The summed E-state index contributed by atoms with van der Waals surface area (Å²) >= 11 is 6.06. The molecule has 0 bridgehead atoms. The van der Waals surface area contributed by atoms with Crippen LogP contribution in [-0.2, 0) is 0 Å². The van der Waals surface area contributed by atoms with Crippen LogP contribution in [0, 0.1) is 0 Å². The van der Waals surface area contributed by atoms with Crippen LogP contribution in [0.4, 0.5) is 0 Å². The van der Waals surface area contributed by atoms with Crippen molar-refractivity contribution in [2.45, 2.75) is 32.7 Å². The molecule has 1 N–H and O–H groups in total. The number of benzene rings is 1. The summed E-state index contributed by atoms with van der Waals surface area (Å²) in [6, 6.07) is 8.43. The highest BCUT2D eigenvalue weighted by Crippen LogP contribution is 2.30. The van der Waals surface area contributed by atoms with E-state index < -0.39 is 0 Å². The van der Waals surface area contributed by atoms with Gasteiger partial charge in [0.15, 0.2) is 0 Å². The van der Waals surface area contributed by atoms with E-state index >= 15 is 0 Å². The first-order chi connectivity index (χ1) is 8.04. The summed E-state index contributed by atoms with van der Waals surface area (Å²) in [7, 11) is 0. The molecule has 0 saturated carbocycles. The third kappa shape index (κ3) is 2.20. The van der Waals surface area contributed by atoms with Crippen molar-refractivity contribution in [2.24, 2.45) is 0 Å². The van der Waals surface area contributed by atoms with E-state index in [2.05, 4.69) is 24.5 Å². The highest BCUT2D eigenvalue weighted by Gasteiger charge is 2.16. The molecule has 3 heteroatoms. The van der Waals surface area contributed by atoms with E-state index in [1.165, 1.54) is 11.1 Å². The summed E-state index contributed by atoms with van der Waals surface area (Å²) < 4.78 is 2.25. The molecule has 0 spiro atoms. The van der Waals surface area contributed by atoms with Gasteiger partial charge in [0.25, 0.3) is 0 Å². The van der Waals surface area contributed by atoms with Crippen molar-refractivity contribution in [1.82, 2.24) is 4.57 Å². The minimum atomic E-state index is 0.142. The Hall–Kier alpha value is -0.990. The Morgan fingerprint density at radius 1 is 1.24 bits per heavy atom. The molecule has 17 heavy (non-hydrogen) atoms. The molecule has 1 unspecified atom stereocenters. The van der Waals surface area contributed by atoms with E-state index in [1.54, 1.807) is 0 Å². The van der Waals surface area contributed by atoms with Crippen molar-refractivity contribution in [3.8, 4) is 0 Å². The minimum absolute atomic E-state index is 0.142. The highest BCUT2D eigenvalue weighted by molar-refractivity contribution is 6.31. The van der Waals surface area contributed by atoms with Gasteiger partial charge in [-0.2, -0.15) is 0 Å². The van der Waals surface area contributed by atoms with E-state index in [0.29, 0.717) is 6.04 Å². The molecule has 1 atom stereocenters. The second kappa shape index (κ2) is 4.71. The smallest absolute Gasteiger partial charge is 0.0511 e. The van der Waals surface area contributed by atoms with Crippen LogP contribution in [0.5, 0.6) is 0 Å². The fourth-order valence-electron chi connectivity index (χ4n) is 2.26. The average Bonchev–Trinajstić information content (AvgIpc) is 2.66. The zero-order chi connectivity index (χ0) is 12.6. The lowest BCUT2D eigenvalue weighted by atomic mass is 10.1. The van der Waals surface area contributed by atoms with E-state index in [4.69, 9.17) is 11.6 Å². The van der Waals surface area contributed by atoms with Gasteiger partial charge in [0.05, 0.1) is 6.61 Å². The summed E-state index contributed by atoms with van der Waals surface area (Å²) in [6.07, 6.45) is 0. The Morgan fingerprint density at radius 2 is 1.94 bits per heavy atom. The average molecular weight is 252 g/mol. The van der Waals surface area contributed by atoms with Crippen LogP contribution in [0.1, 0.15) is 38.4 Å². The first-order valence-corrected chi connectivity index (χ1v) is 6.33. The van der Waals surface area contributed by atoms with Gasteiger partial charge in [-0.3, -0.25) is 0 Å². The van der Waals surface area contributed by atoms with Crippen LogP contribution in [0.3, 0.4) is 0 Å². The number of aliphatic hydroxyl groups excluding tert-OH is 1. The lowest BCUT2D eigenvalue weighted by Crippen LogP contribution is -2.10. The molecule has 1 heterocycles. The molecule has 0 aliphatic heterocycles. The lowest BCUT2D eigenvalue weighted by Gasteiger charge is -2.18. The first kappa shape index (κ1) is 12.5. The Labute approximate surface area is 107 Å². The second-order valence-corrected chi connectivity index (χ2v) is 5.26. The standard InChI is InChI=1S/C14H18ClNO/c1-9(2)16-13(10(3)8-17)6-11-4-5-12(15)7-14(11)16/h4-7,9-10,17H,8H2,1-3H3. The Bertz CT molecular complexity index is 530. The molecular weight excluding hydrogens is 234 g/mol. The zero-order valence-electron chi connectivity index (χ0n) is 10.4. The van der Waals surface area contributed by atoms with Gasteiger partial charge in [0.1, 0.15) is 0 Å². The highest BCUT2D eigenvalue weighted by atomic mass is 35.5. The van der Waals surface area contributed by atoms with Crippen LogP contribution >= 0.6 is 11.6 Å². The molecule has 2 nitrogen and oxygen atoms in total. The van der Waals surface area contributed by atoms with Gasteiger partial charge in [-0.05, 0) is 37.4 Å². The van der Waals surface area contributed by atoms with Gasteiger partial charge >= 0.3 is 0 Å². The predicted molar refractivity (Wildman–Crippen MR) is 72.8 cm³/mol. The maximum Gasteiger partial charge on any atom is 0.0511 e. The third-order valence-corrected chi connectivity index (χ3v) is 3.36. The van der Waals surface area contributed by atoms with Crippen molar-refractivity contribution >= 4 is 22.5 Å². The molecule has 2 rings (SSSR count). The largest absolute Gasteiger partial charge is 0.396 e. The molecule has 1 aromatic heterocycles. The van der Waals surface area contributed by atoms with Crippen molar-refractivity contribution in [2.75, 3.05) is 6.61 Å². The Balaban J connectivity index is 2.71. The fourth-order valence-corrected chi connectivity index (χ4v) is 2.43. The van der Waals surface area contributed by atoms with Gasteiger partial charge in [0.2, 0.25) is 0 Å². The molecule has 1 aromatic carbocycles. The number of aromatic nitrogens is 1. The summed E-state index contributed by atoms with van der Waals surface area (Å²) in [4.78, 5) is 0. The van der Waals surface area contributed by atoms with Gasteiger partial charge in [-0.25, -0.2) is 0 Å². The number of nitrogens with zero attached hydrogens (tertiary/aromatic N) is 1. The number of fused-ring (bicyclic) bond motifs is 1. The molecule has 0 saturated heterocycles. The summed E-state index contributed by atoms with van der Waals surface area (Å²) in [6.45, 7) is 6.49. The molecule has 2 aromatic rings. The lowest BCUT2D eigenvalue weighted by molar-refractivity contribution is 0.268. The summed E-state index contributed by atoms with van der Waals surface area (Å²) in [5, 5.41) is 11.3. The molecular formula is C14H18ClNO. The predicted octanol–water partition coefficient (Wildman–Crippen LogP) is 3.97. The van der Waals surface area contributed by atoms with Gasteiger partial charge in [-0.1, -0.05) is 24.6 Å². The van der Waals surface area contributed by atoms with Gasteiger partial charge in [0, 0.05) is 28.2 Å². The van der Waals surface area contributed by atoms with Crippen LogP contribution in [0.25, 0.3) is 10.9 Å². The quantitative estimate of drug-likeness (QED) is 0.877.